The van der Waals surface area contributed by atoms with Gasteiger partial charge in [-0.15, -0.1) is 0 Å². The maximum atomic E-state index is 11.4. The fourth-order valence-corrected chi connectivity index (χ4v) is 3.18. The number of methoxy groups -OCH3 is 1. The highest BCUT2D eigenvalue weighted by atomic mass is 32.2. The molecule has 4 N–H and O–H groups in total. The molecule has 1 rings (SSSR count). The molecule has 0 heterocycles. The molecule has 0 aliphatic heterocycles. The van der Waals surface area contributed by atoms with Crippen LogP contribution >= 0.6 is 0 Å². The Morgan fingerprint density at radius 2 is 2.00 bits per heavy atom. The van der Waals surface area contributed by atoms with E-state index in [0.717, 1.165) is 18.4 Å². The van der Waals surface area contributed by atoms with Gasteiger partial charge in [-0.3, -0.25) is 4.79 Å². The van der Waals surface area contributed by atoms with Crippen LogP contribution < -0.4 is 20.5 Å². The second-order valence-electron chi connectivity index (χ2n) is 6.93. The third-order valence-electron chi connectivity index (χ3n) is 3.53. The first-order valence-electron chi connectivity index (χ1n) is 12.8. The van der Waals surface area contributed by atoms with Gasteiger partial charge in [0.2, 0.25) is 5.91 Å². The summed E-state index contributed by atoms with van der Waals surface area (Å²) in [5.41, 5.74) is 5.96. The molecule has 0 aliphatic carbocycles. The third kappa shape index (κ3) is 11.6. The molecule has 0 saturated heterocycles. The van der Waals surface area contributed by atoms with Gasteiger partial charge in [-0.25, -0.2) is 13.2 Å². The Labute approximate surface area is 190 Å². The zero-order chi connectivity index (χ0) is 30.3. The number of aliphatic carboxylic acids is 1. The second-order valence-corrected chi connectivity index (χ2v) is 9.12. The number of carbonyl (C=O) groups excluding carboxylic acids is 1. The van der Waals surface area contributed by atoms with Gasteiger partial charge >= 0.3 is 5.97 Å². The van der Waals surface area contributed by atoms with E-state index < -0.39 is 65.6 Å². The number of hydrogen-bond donors (Lipinski definition) is 3. The number of carboxylic acids is 1. The van der Waals surface area contributed by atoms with Crippen molar-refractivity contribution in [3.8, 4) is 11.5 Å². The minimum atomic E-state index is -3.43. The number of ether oxygens (including phenoxy) is 2. The summed E-state index contributed by atoms with van der Waals surface area (Å²) in [6.45, 7) is -1.18. The Bertz CT molecular complexity index is 1060. The van der Waals surface area contributed by atoms with Crippen LogP contribution in [0.4, 0.5) is 0 Å². The molecule has 10 heteroatoms. The lowest BCUT2D eigenvalue weighted by molar-refractivity contribution is -0.142. The van der Waals surface area contributed by atoms with Gasteiger partial charge in [-0.1, -0.05) is 19.9 Å². The zero-order valence-electron chi connectivity index (χ0n) is 25.3. The smallest absolute Gasteiger partial charge is 0.326 e. The molecule has 0 unspecified atom stereocenters. The van der Waals surface area contributed by atoms with Crippen molar-refractivity contribution in [2.45, 2.75) is 46.1 Å². The van der Waals surface area contributed by atoms with Gasteiger partial charge in [-0.05, 0) is 36.9 Å². The van der Waals surface area contributed by atoms with E-state index in [0.29, 0.717) is 6.42 Å². The van der Waals surface area contributed by atoms with Crippen LogP contribution in [0, 0.1) is 5.92 Å². The van der Waals surface area contributed by atoms with E-state index in [4.69, 9.17) is 31.3 Å². The predicted octanol–water partition coefficient (Wildman–Crippen LogP) is 1.76. The topological polar surface area (TPSA) is 145 Å². The minimum Gasteiger partial charge on any atom is -0.493 e. The normalized spacial score (nSPS) is 18.2. The van der Waals surface area contributed by atoms with Crippen LogP contribution in [0.1, 0.15) is 56.6 Å². The second kappa shape index (κ2) is 13.1. The first kappa shape index (κ1) is 16.4. The molecule has 0 spiro atoms. The first-order valence-corrected chi connectivity index (χ1v) is 10.9. The number of benzene rings is 1. The van der Waals surface area contributed by atoms with E-state index in [2.05, 4.69) is 5.32 Å². The summed E-state index contributed by atoms with van der Waals surface area (Å²) in [5, 5.41) is 11.0. The maximum Gasteiger partial charge on any atom is 0.326 e. The molecule has 0 radical (unpaired) electrons. The SMILES string of the molecule is CC(=O)N[C@@H](CC(C)C)C(=O)O.[2H]C([2H])([2H])Oc1ccc([C@H](N)CS(C)(=O)=O)cc1OC([2H])([2H])C([2H])([2H])[2H]. The summed E-state index contributed by atoms with van der Waals surface area (Å²) in [6.07, 6.45) is 1.44. The third-order valence-corrected chi connectivity index (χ3v) is 4.50. The number of rotatable bonds is 10. The van der Waals surface area contributed by atoms with Gasteiger partial charge in [0, 0.05) is 23.3 Å². The van der Waals surface area contributed by atoms with Crippen LogP contribution in [0.5, 0.6) is 11.5 Å². The number of sulfone groups is 1. The van der Waals surface area contributed by atoms with E-state index in [1.165, 1.54) is 13.0 Å². The van der Waals surface area contributed by atoms with Crippen LogP contribution in [-0.4, -0.2) is 57.0 Å². The van der Waals surface area contributed by atoms with Gasteiger partial charge in [0.25, 0.3) is 0 Å². The van der Waals surface area contributed by atoms with E-state index in [1.807, 2.05) is 13.8 Å². The summed E-state index contributed by atoms with van der Waals surface area (Å²) in [5.74, 6) is -2.41. The monoisotopic (exact) mass is 454 g/mol. The van der Waals surface area contributed by atoms with Crippen molar-refractivity contribution < 1.29 is 43.6 Å². The lowest BCUT2D eigenvalue weighted by atomic mass is 10.0. The fraction of sp³-hybridized carbons (Fsp3) is 0.600. The Balaban J connectivity index is 0.000000958. The summed E-state index contributed by atoms with van der Waals surface area (Å²) >= 11 is 0. The molecule has 0 aliphatic rings. The Morgan fingerprint density at radius 3 is 2.47 bits per heavy atom. The van der Waals surface area contributed by atoms with Crippen LogP contribution in [0.3, 0.4) is 0 Å². The summed E-state index contributed by atoms with van der Waals surface area (Å²) in [7, 11) is -6.33. The number of nitrogens with one attached hydrogen (secondary N) is 1. The summed E-state index contributed by atoms with van der Waals surface area (Å²) < 4.78 is 90.2. The molecule has 9 nitrogen and oxygen atoms in total. The largest absolute Gasteiger partial charge is 0.493 e. The average Bonchev–Trinajstić information content (AvgIpc) is 2.65. The molecule has 0 fully saturated rings. The van der Waals surface area contributed by atoms with Gasteiger partial charge in [0.15, 0.2) is 11.5 Å². The molecular formula is C20H34N2O7S. The van der Waals surface area contributed by atoms with Crippen LogP contribution in [0.2, 0.25) is 0 Å². The molecule has 1 amide bonds. The van der Waals surface area contributed by atoms with E-state index in [1.54, 1.807) is 0 Å². The molecule has 1 aromatic rings. The van der Waals surface area contributed by atoms with E-state index in [-0.39, 0.29) is 17.4 Å². The van der Waals surface area contributed by atoms with Crippen molar-refractivity contribution in [3.05, 3.63) is 23.8 Å². The van der Waals surface area contributed by atoms with Crippen molar-refractivity contribution in [1.82, 2.24) is 5.32 Å². The predicted molar refractivity (Wildman–Crippen MR) is 115 cm³/mol. The Kier molecular flexibility index (Phi) is 7.13. The van der Waals surface area contributed by atoms with Gasteiger partial charge in [-0.2, -0.15) is 0 Å². The van der Waals surface area contributed by atoms with Crippen molar-refractivity contribution >= 4 is 21.7 Å². The highest BCUT2D eigenvalue weighted by molar-refractivity contribution is 7.90. The molecule has 172 valence electrons. The van der Waals surface area contributed by atoms with Gasteiger partial charge in [0.05, 0.1) is 26.2 Å². The lowest BCUT2D eigenvalue weighted by Gasteiger charge is -2.15. The van der Waals surface area contributed by atoms with Crippen molar-refractivity contribution in [1.29, 1.82) is 0 Å². The lowest BCUT2D eigenvalue weighted by Crippen LogP contribution is -2.40. The maximum absolute atomic E-state index is 11.4. The van der Waals surface area contributed by atoms with Crippen molar-refractivity contribution in [2.75, 3.05) is 25.6 Å². The van der Waals surface area contributed by atoms with Crippen LogP contribution in [0.25, 0.3) is 0 Å². The molecule has 0 bridgehead atoms. The number of amides is 1. The summed E-state index contributed by atoms with van der Waals surface area (Å²) in [4.78, 5) is 21.1. The minimum absolute atomic E-state index is 0.171. The van der Waals surface area contributed by atoms with Crippen molar-refractivity contribution in [3.63, 3.8) is 0 Å². The van der Waals surface area contributed by atoms with Crippen LogP contribution in [0.15, 0.2) is 18.2 Å². The first-order chi connectivity index (χ1) is 16.8. The van der Waals surface area contributed by atoms with Gasteiger partial charge in [0.1, 0.15) is 15.9 Å². The van der Waals surface area contributed by atoms with E-state index in [9.17, 15) is 18.0 Å². The molecular weight excluding hydrogens is 412 g/mol. The molecule has 0 aromatic heterocycles. The number of carbonyl (C=O) groups is 2. The number of carboxylic acid groups (broad SMARTS) is 1. The molecule has 1 aromatic carbocycles. The molecule has 2 atom stereocenters. The standard InChI is InChI=1S/C12H19NO4S.C8H15NO3/c1-4-17-12-7-9(5-6-11(12)16-2)10(13)8-18(3,14)15;1-5(2)4-7(8(11)12)9-6(3)10/h5-7,10H,4,8,13H2,1-3H3;5,7H,4H2,1-3H3,(H,9,10)(H,11,12)/t10-;7-/m10/s1/i1D3,2D3,4D2;. The van der Waals surface area contributed by atoms with Gasteiger partial charge < -0.3 is 25.6 Å². The quantitative estimate of drug-likeness (QED) is 0.485. The van der Waals surface area contributed by atoms with E-state index >= 15 is 0 Å². The Morgan fingerprint density at radius 1 is 1.33 bits per heavy atom. The highest BCUT2D eigenvalue weighted by Gasteiger charge is 2.19. The Hall–Kier alpha value is -2.33. The zero-order valence-corrected chi connectivity index (χ0v) is 18.1. The number of hydrogen-bond acceptors (Lipinski definition) is 7. The molecule has 0 saturated carbocycles. The average molecular weight is 455 g/mol. The van der Waals surface area contributed by atoms with Crippen molar-refractivity contribution in [2.24, 2.45) is 11.7 Å². The van der Waals surface area contributed by atoms with Crippen LogP contribution in [-0.2, 0) is 19.4 Å². The number of nitrogens with two attached hydrogens (primary N) is 1. The summed E-state index contributed by atoms with van der Waals surface area (Å²) in [6, 6.07) is 1.67. The molecule has 30 heavy (non-hydrogen) atoms. The fourth-order valence-electron chi connectivity index (χ4n) is 2.33. The highest BCUT2D eigenvalue weighted by Crippen LogP contribution is 2.30.